The number of piperazine rings is 1. The van der Waals surface area contributed by atoms with Gasteiger partial charge in [0.2, 0.25) is 11.9 Å². The molecule has 0 spiro atoms. The number of fused-ring (bicyclic) bond motifs is 2. The van der Waals surface area contributed by atoms with Gasteiger partial charge in [-0.25, -0.2) is 23.7 Å². The summed E-state index contributed by atoms with van der Waals surface area (Å²) in [5.41, 5.74) is 14.4. The number of nitrogen functional groups attached to an aromatic ring is 1. The molecule has 3 aromatic carbocycles. The van der Waals surface area contributed by atoms with Crippen molar-refractivity contribution in [1.29, 1.82) is 0 Å². The van der Waals surface area contributed by atoms with Gasteiger partial charge in [-0.15, -0.1) is 22.7 Å². The van der Waals surface area contributed by atoms with E-state index in [0.29, 0.717) is 29.6 Å². The second kappa shape index (κ2) is 15.8. The highest BCUT2D eigenvalue weighted by atomic mass is 35.5. The van der Waals surface area contributed by atoms with Gasteiger partial charge in [0.25, 0.3) is 5.91 Å². The molecule has 2 aliphatic heterocycles. The summed E-state index contributed by atoms with van der Waals surface area (Å²) < 4.78 is 26.4. The minimum atomic E-state index is -0.275. The molecule has 55 heavy (non-hydrogen) atoms. The molecule has 2 aliphatic rings. The topological polar surface area (TPSA) is 151 Å². The Bertz CT molecular complexity index is 2460. The molecule has 1 unspecified atom stereocenters. The van der Waals surface area contributed by atoms with Crippen molar-refractivity contribution in [2.75, 3.05) is 48.3 Å². The van der Waals surface area contributed by atoms with Gasteiger partial charge in [0.1, 0.15) is 27.1 Å². The largest absolute Gasteiger partial charge is 0.368 e. The van der Waals surface area contributed by atoms with E-state index in [1.807, 2.05) is 18.3 Å². The second-order valence-corrected chi connectivity index (χ2v) is 15.7. The van der Waals surface area contributed by atoms with Gasteiger partial charge >= 0.3 is 0 Å². The summed E-state index contributed by atoms with van der Waals surface area (Å²) in [5, 5.41) is 8.77. The van der Waals surface area contributed by atoms with Crippen molar-refractivity contribution in [2.24, 2.45) is 5.73 Å². The molecule has 0 aliphatic carbocycles. The molecule has 0 saturated carbocycles. The van der Waals surface area contributed by atoms with Gasteiger partial charge in [-0.05, 0) is 78.2 Å². The Hall–Kier alpha value is -5.32. The Kier molecular flexibility index (Phi) is 10.5. The molecule has 9 rings (SSSR count). The number of hydrogen-bond donors (Lipinski definition) is 4. The fourth-order valence-corrected chi connectivity index (χ4v) is 8.72. The van der Waals surface area contributed by atoms with Crippen molar-refractivity contribution in [3.63, 3.8) is 0 Å². The molecule has 6 heterocycles. The highest BCUT2D eigenvalue weighted by molar-refractivity contribution is 7.22. The number of nitrogens with one attached hydrogen (secondary N) is 2. The first-order valence-corrected chi connectivity index (χ1v) is 19.6. The average molecular weight is 797 g/mol. The fraction of sp³-hybridized carbons (Fsp3) is 0.205. The molecule has 2 saturated heterocycles. The van der Waals surface area contributed by atoms with Crippen LogP contribution in [0.15, 0.2) is 91.1 Å². The number of carbonyl (C=O) groups excluding carboxylic acids is 1. The van der Waals surface area contributed by atoms with Crippen LogP contribution in [0, 0.1) is 11.6 Å². The summed E-state index contributed by atoms with van der Waals surface area (Å²) in [7, 11) is 0. The number of anilines is 3. The van der Waals surface area contributed by atoms with E-state index in [1.54, 1.807) is 59.9 Å². The number of thiophene rings is 2. The van der Waals surface area contributed by atoms with E-state index in [1.165, 1.54) is 35.6 Å². The van der Waals surface area contributed by atoms with Crippen molar-refractivity contribution in [3.05, 3.63) is 113 Å². The first-order valence-electron chi connectivity index (χ1n) is 17.6. The van der Waals surface area contributed by atoms with Crippen LogP contribution < -0.4 is 31.9 Å². The van der Waals surface area contributed by atoms with Crippen LogP contribution in [-0.4, -0.2) is 70.8 Å². The van der Waals surface area contributed by atoms with Gasteiger partial charge in [0.15, 0.2) is 0 Å². The normalized spacial score (nSPS) is 17.0. The lowest BCUT2D eigenvalue weighted by Crippen LogP contribution is -2.55. The van der Waals surface area contributed by atoms with Crippen LogP contribution in [0.25, 0.3) is 41.3 Å². The molecule has 1 amide bonds. The highest BCUT2D eigenvalue weighted by Gasteiger charge is 2.28. The predicted molar refractivity (Wildman–Crippen MR) is 218 cm³/mol. The number of nitrogens with two attached hydrogens (primary N) is 2. The lowest BCUT2D eigenvalue weighted by molar-refractivity contribution is 0.0940. The van der Waals surface area contributed by atoms with Crippen molar-refractivity contribution in [2.45, 2.75) is 18.6 Å². The van der Waals surface area contributed by atoms with E-state index in [-0.39, 0.29) is 35.7 Å². The number of rotatable bonds is 6. The Balaban J connectivity index is 0.000000164. The summed E-state index contributed by atoms with van der Waals surface area (Å²) in [6.45, 7) is 3.72. The van der Waals surface area contributed by atoms with Crippen LogP contribution in [0.5, 0.6) is 0 Å². The second-order valence-electron chi connectivity index (χ2n) is 13.2. The van der Waals surface area contributed by atoms with Gasteiger partial charge in [-0.2, -0.15) is 4.98 Å². The number of amides is 1. The molecule has 7 aromatic rings. The van der Waals surface area contributed by atoms with Crippen LogP contribution in [0.3, 0.4) is 0 Å². The lowest BCUT2D eigenvalue weighted by Gasteiger charge is -2.31. The SMILES string of the molecule is NC1CN(c2ncc3cc(-c4ccc(F)cc4)sc3n2)CCN1.Nc1nc(N2CC[C@@H](NC(=O)c3ccc(Cl)cc3)C2)c2cc(-c3ccc(F)cc3)sc2n1. The van der Waals surface area contributed by atoms with Crippen molar-refractivity contribution >= 4 is 78.3 Å². The standard InChI is InChI=1S/C23H19ClFN5OS.C16H16FN5S/c24-15-5-1-14(2-6-15)21(31)27-17-9-10-30(12-17)20-18-11-19(13-3-7-16(25)8-4-13)32-22(18)29-23(26)28-20;17-12-3-1-10(2-4-12)13-7-11-8-20-16(21-15(11)23-13)22-6-5-19-14(18)9-22/h1-8,11,17H,9-10,12H2,(H,27,31)(H2,26,28,29);1-4,7-8,14,19H,5-6,9,18H2/t17-;/m1./s1. The smallest absolute Gasteiger partial charge is 0.251 e. The first-order chi connectivity index (χ1) is 26.6. The minimum absolute atomic E-state index is 0.0142. The van der Waals surface area contributed by atoms with E-state index >= 15 is 0 Å². The molecule has 16 heteroatoms. The van der Waals surface area contributed by atoms with Gasteiger partial charge < -0.3 is 26.6 Å². The maximum atomic E-state index is 13.3. The molecule has 2 fully saturated rings. The zero-order valence-electron chi connectivity index (χ0n) is 29.3. The molecule has 280 valence electrons. The summed E-state index contributed by atoms with van der Waals surface area (Å²) in [6.07, 6.45) is 2.58. The molecule has 2 atom stereocenters. The Morgan fingerprint density at radius 2 is 1.51 bits per heavy atom. The number of carbonyl (C=O) groups is 1. The van der Waals surface area contributed by atoms with Gasteiger partial charge in [0.05, 0.1) is 11.6 Å². The van der Waals surface area contributed by atoms with Crippen LogP contribution in [0.1, 0.15) is 16.8 Å². The van der Waals surface area contributed by atoms with E-state index in [0.717, 1.165) is 73.2 Å². The van der Waals surface area contributed by atoms with E-state index in [9.17, 15) is 13.6 Å². The summed E-state index contributed by atoms with van der Waals surface area (Å²) in [4.78, 5) is 38.5. The zero-order chi connectivity index (χ0) is 38.1. The molecular weight excluding hydrogens is 762 g/mol. The highest BCUT2D eigenvalue weighted by Crippen LogP contribution is 2.38. The molecular formula is C39H35ClF2N10OS2. The number of hydrogen-bond acceptors (Lipinski definition) is 12. The van der Waals surface area contributed by atoms with Crippen LogP contribution in [-0.2, 0) is 0 Å². The van der Waals surface area contributed by atoms with Crippen LogP contribution in [0.4, 0.5) is 26.5 Å². The van der Waals surface area contributed by atoms with E-state index in [4.69, 9.17) is 23.1 Å². The third-order valence-electron chi connectivity index (χ3n) is 9.33. The third kappa shape index (κ3) is 8.35. The predicted octanol–water partition coefficient (Wildman–Crippen LogP) is 6.93. The molecule has 11 nitrogen and oxygen atoms in total. The van der Waals surface area contributed by atoms with Gasteiger partial charge in [0, 0.05) is 70.7 Å². The molecule has 0 radical (unpaired) electrons. The lowest BCUT2D eigenvalue weighted by atomic mass is 10.2. The Morgan fingerprint density at radius 1 is 0.836 bits per heavy atom. The fourth-order valence-electron chi connectivity index (χ4n) is 6.55. The van der Waals surface area contributed by atoms with E-state index < -0.39 is 0 Å². The molecule has 4 aromatic heterocycles. The number of nitrogens with zero attached hydrogens (tertiary/aromatic N) is 6. The minimum Gasteiger partial charge on any atom is -0.368 e. The Labute approximate surface area is 328 Å². The number of benzene rings is 3. The Morgan fingerprint density at radius 3 is 2.20 bits per heavy atom. The number of aromatic nitrogens is 4. The van der Waals surface area contributed by atoms with Crippen molar-refractivity contribution in [1.82, 2.24) is 30.6 Å². The van der Waals surface area contributed by atoms with Crippen molar-refractivity contribution < 1.29 is 13.6 Å². The molecule has 6 N–H and O–H groups in total. The van der Waals surface area contributed by atoms with Crippen molar-refractivity contribution in [3.8, 4) is 20.9 Å². The zero-order valence-corrected chi connectivity index (χ0v) is 31.6. The van der Waals surface area contributed by atoms with Crippen LogP contribution >= 0.6 is 34.3 Å². The maximum absolute atomic E-state index is 13.3. The van der Waals surface area contributed by atoms with Gasteiger partial charge in [-0.3, -0.25) is 10.1 Å². The quantitative estimate of drug-likeness (QED) is 0.140. The third-order valence-corrected chi connectivity index (χ3v) is 11.7. The number of halogens is 3. The molecule has 0 bridgehead atoms. The first kappa shape index (κ1) is 36.6. The van der Waals surface area contributed by atoms with Gasteiger partial charge in [-0.1, -0.05) is 35.9 Å². The summed E-state index contributed by atoms with van der Waals surface area (Å²) >= 11 is 8.99. The summed E-state index contributed by atoms with van der Waals surface area (Å²) in [5.74, 6) is 1.03. The van der Waals surface area contributed by atoms with E-state index in [2.05, 4.69) is 40.4 Å². The van der Waals surface area contributed by atoms with Crippen LogP contribution in [0.2, 0.25) is 5.02 Å². The monoisotopic (exact) mass is 796 g/mol. The summed E-state index contributed by atoms with van der Waals surface area (Å²) in [6, 6.07) is 23.7. The maximum Gasteiger partial charge on any atom is 0.251 e. The average Bonchev–Trinajstić information content (AvgIpc) is 3.94.